The molecule has 1 aromatic heterocycles. The van der Waals surface area contributed by atoms with Gasteiger partial charge in [0.2, 0.25) is 0 Å². The molecule has 0 aliphatic rings. The Kier molecular flexibility index (Phi) is 4.50. The number of halogens is 2. The van der Waals surface area contributed by atoms with Gasteiger partial charge in [0.05, 0.1) is 11.1 Å². The van der Waals surface area contributed by atoms with Gasteiger partial charge in [-0.15, -0.1) is 23.2 Å². The lowest BCUT2D eigenvalue weighted by Gasteiger charge is -2.25. The Morgan fingerprint density at radius 1 is 1.24 bits per heavy atom. The fraction of sp³-hybridized carbons (Fsp3) is 0.583. The predicted molar refractivity (Wildman–Crippen MR) is 70.2 cm³/mol. The number of furan rings is 1. The molecular formula is C12H17Cl2NO2. The first kappa shape index (κ1) is 14.4. The zero-order valence-corrected chi connectivity index (χ0v) is 12.0. The third kappa shape index (κ3) is 2.96. The van der Waals surface area contributed by atoms with Gasteiger partial charge in [0.1, 0.15) is 11.5 Å². The van der Waals surface area contributed by atoms with E-state index in [-0.39, 0.29) is 17.7 Å². The monoisotopic (exact) mass is 277 g/mol. The van der Waals surface area contributed by atoms with Crippen molar-refractivity contribution in [3.8, 4) is 0 Å². The highest BCUT2D eigenvalue weighted by molar-refractivity contribution is 6.22. The second kappa shape index (κ2) is 5.32. The molecule has 1 rings (SSSR count). The van der Waals surface area contributed by atoms with Gasteiger partial charge in [0, 0.05) is 17.3 Å². The van der Waals surface area contributed by atoms with Gasteiger partial charge in [-0.25, -0.2) is 0 Å². The van der Waals surface area contributed by atoms with Gasteiger partial charge in [0.15, 0.2) is 0 Å². The number of alkyl halides is 2. The van der Waals surface area contributed by atoms with E-state index >= 15 is 0 Å². The molecule has 0 fully saturated rings. The van der Waals surface area contributed by atoms with Crippen molar-refractivity contribution in [2.75, 3.05) is 11.8 Å². The van der Waals surface area contributed by atoms with Crippen molar-refractivity contribution >= 4 is 29.1 Å². The maximum atomic E-state index is 12.1. The summed E-state index contributed by atoms with van der Waals surface area (Å²) in [7, 11) is 0. The van der Waals surface area contributed by atoms with E-state index in [1.54, 1.807) is 6.92 Å². The average Bonchev–Trinajstić information content (AvgIpc) is 2.53. The Labute approximate surface area is 111 Å². The summed E-state index contributed by atoms with van der Waals surface area (Å²) >= 11 is 11.6. The second-order valence-corrected chi connectivity index (χ2v) is 5.03. The second-order valence-electron chi connectivity index (χ2n) is 4.50. The van der Waals surface area contributed by atoms with E-state index in [0.29, 0.717) is 11.3 Å². The molecule has 1 heterocycles. The number of amides is 1. The summed E-state index contributed by atoms with van der Waals surface area (Å²) in [6.07, 6.45) is 0. The van der Waals surface area contributed by atoms with Crippen LogP contribution in [-0.4, -0.2) is 23.2 Å². The number of carbonyl (C=O) groups is 1. The van der Waals surface area contributed by atoms with Crippen molar-refractivity contribution in [2.45, 2.75) is 33.2 Å². The van der Waals surface area contributed by atoms with Crippen LogP contribution in [0.15, 0.2) is 4.42 Å². The van der Waals surface area contributed by atoms with Crippen LogP contribution in [-0.2, 0) is 0 Å². The standard InChI is InChI=1S/C12H17Cl2NO2/c1-7-8(2)17-9(3)10(7)11(16)15-12(4,5-13)6-14/h5-6H2,1-4H3,(H,15,16). The molecule has 0 aliphatic heterocycles. The first-order valence-corrected chi connectivity index (χ1v) is 6.42. The number of aryl methyl sites for hydroxylation is 2. The van der Waals surface area contributed by atoms with Gasteiger partial charge in [-0.2, -0.15) is 0 Å². The SMILES string of the molecule is Cc1oc(C)c(C(=O)NC(C)(CCl)CCl)c1C. The summed E-state index contributed by atoms with van der Waals surface area (Å²) in [4.78, 5) is 12.1. The lowest BCUT2D eigenvalue weighted by Crippen LogP contribution is -2.49. The molecule has 0 saturated heterocycles. The van der Waals surface area contributed by atoms with Crippen LogP contribution < -0.4 is 5.32 Å². The molecule has 0 unspecified atom stereocenters. The van der Waals surface area contributed by atoms with Gasteiger partial charge in [-0.05, 0) is 27.7 Å². The van der Waals surface area contributed by atoms with E-state index in [2.05, 4.69) is 5.32 Å². The van der Waals surface area contributed by atoms with Crippen LogP contribution in [0.4, 0.5) is 0 Å². The molecule has 0 bridgehead atoms. The fourth-order valence-electron chi connectivity index (χ4n) is 1.57. The molecule has 0 saturated carbocycles. The highest BCUT2D eigenvalue weighted by Gasteiger charge is 2.27. The molecular weight excluding hydrogens is 261 g/mol. The van der Waals surface area contributed by atoms with E-state index < -0.39 is 5.54 Å². The smallest absolute Gasteiger partial charge is 0.255 e. The van der Waals surface area contributed by atoms with Crippen LogP contribution in [0.1, 0.15) is 34.4 Å². The van der Waals surface area contributed by atoms with Crippen LogP contribution in [0.5, 0.6) is 0 Å². The van der Waals surface area contributed by atoms with Crippen molar-refractivity contribution in [1.29, 1.82) is 0 Å². The predicted octanol–water partition coefficient (Wildman–Crippen LogP) is 3.17. The van der Waals surface area contributed by atoms with Crippen molar-refractivity contribution in [1.82, 2.24) is 5.32 Å². The fourth-order valence-corrected chi connectivity index (χ4v) is 1.99. The molecule has 0 aliphatic carbocycles. The Morgan fingerprint density at radius 2 is 1.76 bits per heavy atom. The first-order valence-electron chi connectivity index (χ1n) is 5.35. The van der Waals surface area contributed by atoms with Crippen molar-refractivity contribution < 1.29 is 9.21 Å². The Balaban J connectivity index is 2.98. The number of rotatable bonds is 4. The molecule has 96 valence electrons. The van der Waals surface area contributed by atoms with Gasteiger partial charge >= 0.3 is 0 Å². The number of hydrogen-bond donors (Lipinski definition) is 1. The van der Waals surface area contributed by atoms with E-state index in [1.807, 2.05) is 20.8 Å². The van der Waals surface area contributed by atoms with Gasteiger partial charge in [-0.3, -0.25) is 4.79 Å². The van der Waals surface area contributed by atoms with E-state index in [0.717, 1.165) is 11.3 Å². The van der Waals surface area contributed by atoms with E-state index in [4.69, 9.17) is 27.6 Å². The lowest BCUT2D eigenvalue weighted by molar-refractivity contribution is 0.0919. The molecule has 5 heteroatoms. The maximum Gasteiger partial charge on any atom is 0.255 e. The molecule has 0 aromatic carbocycles. The maximum absolute atomic E-state index is 12.1. The molecule has 0 spiro atoms. The topological polar surface area (TPSA) is 42.2 Å². The first-order chi connectivity index (χ1) is 7.84. The molecule has 0 radical (unpaired) electrons. The summed E-state index contributed by atoms with van der Waals surface area (Å²) in [6.45, 7) is 7.27. The van der Waals surface area contributed by atoms with Crippen LogP contribution in [0.25, 0.3) is 0 Å². The third-order valence-electron chi connectivity index (χ3n) is 2.79. The molecule has 1 aromatic rings. The highest BCUT2D eigenvalue weighted by Crippen LogP contribution is 2.21. The van der Waals surface area contributed by atoms with Gasteiger partial charge in [-0.1, -0.05) is 0 Å². The summed E-state index contributed by atoms with van der Waals surface area (Å²) < 4.78 is 5.42. The van der Waals surface area contributed by atoms with Gasteiger partial charge < -0.3 is 9.73 Å². The van der Waals surface area contributed by atoms with Crippen LogP contribution in [0.3, 0.4) is 0 Å². The summed E-state index contributed by atoms with van der Waals surface area (Å²) in [6, 6.07) is 0. The Morgan fingerprint density at radius 3 is 2.12 bits per heavy atom. The van der Waals surface area contributed by atoms with Gasteiger partial charge in [0.25, 0.3) is 5.91 Å². The van der Waals surface area contributed by atoms with Crippen molar-refractivity contribution in [2.24, 2.45) is 0 Å². The lowest BCUT2D eigenvalue weighted by atomic mass is 10.1. The summed E-state index contributed by atoms with van der Waals surface area (Å²) in [5.41, 5.74) is 0.819. The van der Waals surface area contributed by atoms with Crippen LogP contribution in [0, 0.1) is 20.8 Å². The largest absolute Gasteiger partial charge is 0.466 e. The number of nitrogens with one attached hydrogen (secondary N) is 1. The van der Waals surface area contributed by atoms with E-state index in [9.17, 15) is 4.79 Å². The molecule has 17 heavy (non-hydrogen) atoms. The highest BCUT2D eigenvalue weighted by atomic mass is 35.5. The minimum Gasteiger partial charge on any atom is -0.466 e. The number of hydrogen-bond acceptors (Lipinski definition) is 2. The number of carbonyl (C=O) groups excluding carboxylic acids is 1. The zero-order chi connectivity index (χ0) is 13.2. The summed E-state index contributed by atoms with van der Waals surface area (Å²) in [5, 5.41) is 2.84. The quantitative estimate of drug-likeness (QED) is 0.859. The van der Waals surface area contributed by atoms with E-state index in [1.165, 1.54) is 0 Å². The zero-order valence-electron chi connectivity index (χ0n) is 10.5. The molecule has 3 nitrogen and oxygen atoms in total. The average molecular weight is 278 g/mol. The Hall–Kier alpha value is -0.670. The van der Waals surface area contributed by atoms with Crippen molar-refractivity contribution in [3.63, 3.8) is 0 Å². The molecule has 0 atom stereocenters. The van der Waals surface area contributed by atoms with Crippen LogP contribution >= 0.6 is 23.2 Å². The van der Waals surface area contributed by atoms with Crippen molar-refractivity contribution in [3.05, 3.63) is 22.6 Å². The third-order valence-corrected chi connectivity index (χ3v) is 3.97. The normalized spacial score (nSPS) is 11.6. The minimum absolute atomic E-state index is 0.194. The minimum atomic E-state index is -0.607. The summed E-state index contributed by atoms with van der Waals surface area (Å²) in [5.74, 6) is 1.70. The molecule has 1 N–H and O–H groups in total. The Bertz CT molecular complexity index is 422. The molecule has 1 amide bonds. The van der Waals surface area contributed by atoms with Crippen LogP contribution in [0.2, 0.25) is 0 Å².